The Labute approximate surface area is 130 Å². The van der Waals surface area contributed by atoms with Crippen LogP contribution in [0.25, 0.3) is 0 Å². The molecule has 1 heterocycles. The maximum atomic E-state index is 13.6. The molecule has 1 saturated heterocycles. The molecule has 1 atom stereocenters. The van der Waals surface area contributed by atoms with Gasteiger partial charge in [0.05, 0.1) is 5.75 Å². The van der Waals surface area contributed by atoms with Crippen molar-refractivity contribution in [1.29, 1.82) is 0 Å². The molecule has 21 heavy (non-hydrogen) atoms. The fourth-order valence-electron chi connectivity index (χ4n) is 2.62. The highest BCUT2D eigenvalue weighted by atomic mass is 35.5. The van der Waals surface area contributed by atoms with E-state index in [1.165, 1.54) is 12.1 Å². The van der Waals surface area contributed by atoms with Gasteiger partial charge in [0.25, 0.3) is 0 Å². The summed E-state index contributed by atoms with van der Waals surface area (Å²) in [6.45, 7) is 1.44. The molecule has 1 N–H and O–H groups in total. The summed E-state index contributed by atoms with van der Waals surface area (Å²) < 4.78 is 40.1. The topological polar surface area (TPSA) is 49.4 Å². The first kappa shape index (κ1) is 16.7. The van der Waals surface area contributed by atoms with Crippen molar-refractivity contribution in [2.75, 3.05) is 20.1 Å². The summed E-state index contributed by atoms with van der Waals surface area (Å²) in [6, 6.07) is 4.45. The number of nitrogens with zero attached hydrogens (tertiary/aromatic N) is 1. The van der Waals surface area contributed by atoms with Gasteiger partial charge in [0.15, 0.2) is 0 Å². The molecule has 0 aromatic heterocycles. The van der Waals surface area contributed by atoms with E-state index in [9.17, 15) is 12.8 Å². The van der Waals surface area contributed by atoms with Crippen molar-refractivity contribution in [2.45, 2.75) is 31.1 Å². The van der Waals surface area contributed by atoms with Crippen molar-refractivity contribution in [3.63, 3.8) is 0 Å². The van der Waals surface area contributed by atoms with Crippen LogP contribution in [0.4, 0.5) is 4.39 Å². The van der Waals surface area contributed by atoms with Gasteiger partial charge in [-0.25, -0.2) is 17.5 Å². The molecule has 1 aliphatic rings. The first-order valence-electron chi connectivity index (χ1n) is 6.99. The summed E-state index contributed by atoms with van der Waals surface area (Å²) >= 11 is 5.65. The first-order valence-corrected chi connectivity index (χ1v) is 9.02. The van der Waals surface area contributed by atoms with Crippen LogP contribution in [0.2, 0.25) is 5.02 Å². The van der Waals surface area contributed by atoms with Crippen molar-refractivity contribution in [3.8, 4) is 0 Å². The lowest BCUT2D eigenvalue weighted by Gasteiger charge is -2.19. The summed E-state index contributed by atoms with van der Waals surface area (Å²) in [5.74, 6) is -0.959. The monoisotopic (exact) mass is 334 g/mol. The highest BCUT2D eigenvalue weighted by molar-refractivity contribution is 7.88. The zero-order valence-corrected chi connectivity index (χ0v) is 13.6. The fraction of sp³-hybridized carbons (Fsp3) is 0.571. The highest BCUT2D eigenvalue weighted by Crippen LogP contribution is 2.18. The van der Waals surface area contributed by atoms with E-state index in [1.54, 1.807) is 0 Å². The van der Waals surface area contributed by atoms with Crippen molar-refractivity contribution in [2.24, 2.45) is 0 Å². The molecule has 0 amide bonds. The van der Waals surface area contributed by atoms with E-state index in [4.69, 9.17) is 11.6 Å². The second-order valence-electron chi connectivity index (χ2n) is 5.45. The quantitative estimate of drug-likeness (QED) is 0.869. The Morgan fingerprint density at radius 2 is 2.24 bits per heavy atom. The molecular formula is C14H20ClFN2O2S. The number of nitrogens with one attached hydrogen (secondary N) is 1. The van der Waals surface area contributed by atoms with E-state index < -0.39 is 15.8 Å². The number of hydrogen-bond acceptors (Lipinski definition) is 3. The number of sulfonamides is 1. The van der Waals surface area contributed by atoms with Gasteiger partial charge in [0.1, 0.15) is 5.82 Å². The van der Waals surface area contributed by atoms with Gasteiger partial charge in [-0.2, -0.15) is 0 Å². The third-order valence-corrected chi connectivity index (χ3v) is 5.40. The third-order valence-electron chi connectivity index (χ3n) is 3.83. The predicted molar refractivity (Wildman–Crippen MR) is 82.3 cm³/mol. The lowest BCUT2D eigenvalue weighted by molar-refractivity contribution is 0.297. The highest BCUT2D eigenvalue weighted by Gasteiger charge is 2.21. The molecular weight excluding hydrogens is 315 g/mol. The van der Waals surface area contributed by atoms with E-state index in [1.807, 2.05) is 0 Å². The van der Waals surface area contributed by atoms with Crippen LogP contribution in [0.3, 0.4) is 0 Å². The first-order chi connectivity index (χ1) is 9.87. The van der Waals surface area contributed by atoms with Gasteiger partial charge < -0.3 is 4.90 Å². The minimum atomic E-state index is -3.53. The molecule has 1 aromatic carbocycles. The van der Waals surface area contributed by atoms with Crippen molar-refractivity contribution in [3.05, 3.63) is 34.6 Å². The largest absolute Gasteiger partial charge is 0.303 e. The number of hydrogen-bond donors (Lipinski definition) is 1. The molecule has 1 aliphatic heterocycles. The number of halogens is 2. The minimum Gasteiger partial charge on any atom is -0.303 e. The summed E-state index contributed by atoms with van der Waals surface area (Å²) in [4.78, 5) is 2.24. The maximum absolute atomic E-state index is 13.6. The lowest BCUT2D eigenvalue weighted by atomic mass is 10.1. The molecule has 4 nitrogen and oxygen atoms in total. The van der Waals surface area contributed by atoms with Crippen molar-refractivity contribution < 1.29 is 12.8 Å². The molecule has 2 rings (SSSR count). The van der Waals surface area contributed by atoms with E-state index in [0.29, 0.717) is 12.6 Å². The molecule has 7 heteroatoms. The Morgan fingerprint density at radius 1 is 1.48 bits per heavy atom. The second kappa shape index (κ2) is 7.05. The second-order valence-corrected chi connectivity index (χ2v) is 7.70. The van der Waals surface area contributed by atoms with Crippen LogP contribution in [0, 0.1) is 5.82 Å². The van der Waals surface area contributed by atoms with Crippen molar-refractivity contribution in [1.82, 2.24) is 9.62 Å². The smallest absolute Gasteiger partial charge is 0.215 e. The molecule has 1 fully saturated rings. The molecule has 1 unspecified atom stereocenters. The summed E-state index contributed by atoms with van der Waals surface area (Å²) in [5.41, 5.74) is 0.130. The summed E-state index contributed by atoms with van der Waals surface area (Å²) in [5, 5.41) is 0.255. The zero-order chi connectivity index (χ0) is 15.5. The Bertz CT molecular complexity index is 595. The average Bonchev–Trinajstić information content (AvgIpc) is 2.79. The standard InChI is InChI=1S/C14H20ClFN2O2S/c1-18-8-2-3-13(18)6-7-17-21(19,20)10-11-4-5-12(15)9-14(11)16/h4-5,9,13,17H,2-3,6-8,10H2,1H3. The van der Waals surface area contributed by atoms with Crippen LogP contribution >= 0.6 is 11.6 Å². The van der Waals surface area contributed by atoms with E-state index in [0.717, 1.165) is 31.9 Å². The van der Waals surface area contributed by atoms with Crippen LogP contribution in [-0.4, -0.2) is 39.5 Å². The van der Waals surface area contributed by atoms with Crippen LogP contribution < -0.4 is 4.72 Å². The maximum Gasteiger partial charge on any atom is 0.215 e. The third kappa shape index (κ3) is 4.92. The van der Waals surface area contributed by atoms with E-state index in [2.05, 4.69) is 16.7 Å². The van der Waals surface area contributed by atoms with Gasteiger partial charge in [-0.1, -0.05) is 17.7 Å². The van der Waals surface area contributed by atoms with Crippen LogP contribution in [0.5, 0.6) is 0 Å². The normalized spacial score (nSPS) is 20.0. The zero-order valence-electron chi connectivity index (χ0n) is 12.0. The summed E-state index contributed by atoms with van der Waals surface area (Å²) in [7, 11) is -1.48. The molecule has 0 radical (unpaired) electrons. The fourth-order valence-corrected chi connectivity index (χ4v) is 3.95. The molecule has 1 aromatic rings. The van der Waals surface area contributed by atoms with Gasteiger partial charge >= 0.3 is 0 Å². The van der Waals surface area contributed by atoms with Gasteiger partial charge in [-0.05, 0) is 45.0 Å². The molecule has 0 spiro atoms. The molecule has 0 saturated carbocycles. The number of likely N-dealkylation sites (tertiary alicyclic amines) is 1. The van der Waals surface area contributed by atoms with E-state index >= 15 is 0 Å². The minimum absolute atomic E-state index is 0.130. The van der Waals surface area contributed by atoms with Gasteiger partial charge in [-0.3, -0.25) is 0 Å². The SMILES string of the molecule is CN1CCCC1CCNS(=O)(=O)Cc1ccc(Cl)cc1F. The van der Waals surface area contributed by atoms with Crippen LogP contribution in [0.1, 0.15) is 24.8 Å². The lowest BCUT2D eigenvalue weighted by Crippen LogP contribution is -2.32. The van der Waals surface area contributed by atoms with Crippen molar-refractivity contribution >= 4 is 21.6 Å². The Kier molecular flexibility index (Phi) is 5.60. The molecule has 0 aliphatic carbocycles. The van der Waals surface area contributed by atoms with Crippen LogP contribution in [-0.2, 0) is 15.8 Å². The summed E-state index contributed by atoms with van der Waals surface area (Å²) in [6.07, 6.45) is 3.03. The predicted octanol–water partition coefficient (Wildman–Crippen LogP) is 2.38. The number of benzene rings is 1. The van der Waals surface area contributed by atoms with E-state index in [-0.39, 0.29) is 16.3 Å². The molecule has 118 valence electrons. The van der Waals surface area contributed by atoms with Crippen LogP contribution in [0.15, 0.2) is 18.2 Å². The number of rotatable bonds is 6. The average molecular weight is 335 g/mol. The Morgan fingerprint density at radius 3 is 2.86 bits per heavy atom. The Hall–Kier alpha value is -0.690. The Balaban J connectivity index is 1.87. The molecule has 0 bridgehead atoms. The van der Waals surface area contributed by atoms with Gasteiger partial charge in [0.2, 0.25) is 10.0 Å². The van der Waals surface area contributed by atoms with Gasteiger partial charge in [0, 0.05) is 23.2 Å². The van der Waals surface area contributed by atoms with Gasteiger partial charge in [-0.15, -0.1) is 0 Å².